The summed E-state index contributed by atoms with van der Waals surface area (Å²) in [7, 11) is 5.00. The minimum Gasteiger partial charge on any atom is -0.385 e. The zero-order valence-electron chi connectivity index (χ0n) is 10.5. The van der Waals surface area contributed by atoms with Crippen LogP contribution in [-0.4, -0.2) is 42.7 Å². The van der Waals surface area contributed by atoms with Gasteiger partial charge < -0.3 is 14.2 Å². The number of aryl methyl sites for hydroxylation is 1. The lowest BCUT2D eigenvalue weighted by Gasteiger charge is -2.16. The van der Waals surface area contributed by atoms with Crippen LogP contribution in [0.3, 0.4) is 0 Å². The van der Waals surface area contributed by atoms with Gasteiger partial charge in [-0.3, -0.25) is 9.59 Å². The molecule has 5 heteroatoms. The van der Waals surface area contributed by atoms with E-state index in [2.05, 4.69) is 0 Å². The first-order valence-electron chi connectivity index (χ1n) is 5.47. The van der Waals surface area contributed by atoms with E-state index < -0.39 is 0 Å². The summed E-state index contributed by atoms with van der Waals surface area (Å²) in [5.74, 6) is -0.140. The number of carbonyl (C=O) groups excluding carboxylic acids is 1. The van der Waals surface area contributed by atoms with E-state index in [1.54, 1.807) is 38.4 Å². The summed E-state index contributed by atoms with van der Waals surface area (Å²) in [6.07, 6.45) is 2.38. The maximum Gasteiger partial charge on any atom is 0.253 e. The number of amides is 1. The molecule has 1 amide bonds. The first-order chi connectivity index (χ1) is 8.06. The second-order valence-corrected chi connectivity index (χ2v) is 3.94. The Balaban J connectivity index is 2.68. The number of rotatable bonds is 5. The van der Waals surface area contributed by atoms with Crippen LogP contribution in [0.5, 0.6) is 0 Å². The number of aromatic nitrogens is 1. The summed E-state index contributed by atoms with van der Waals surface area (Å²) in [5, 5.41) is 0. The molecule has 0 aliphatic heterocycles. The first kappa shape index (κ1) is 13.4. The van der Waals surface area contributed by atoms with Gasteiger partial charge in [0.25, 0.3) is 11.5 Å². The normalized spacial score (nSPS) is 10.3. The maximum absolute atomic E-state index is 11.9. The van der Waals surface area contributed by atoms with Crippen LogP contribution >= 0.6 is 0 Å². The molecule has 0 aliphatic carbocycles. The SMILES string of the molecule is COCCCN(C)C(=O)c1ccn(C)c(=O)c1. The molecule has 0 aliphatic rings. The number of carbonyl (C=O) groups is 1. The standard InChI is InChI=1S/C12H18N2O3/c1-13-7-5-10(9-11(13)15)12(16)14(2)6-4-8-17-3/h5,7,9H,4,6,8H2,1-3H3. The third-order valence-electron chi connectivity index (χ3n) is 2.54. The molecule has 0 aromatic carbocycles. The van der Waals surface area contributed by atoms with E-state index >= 15 is 0 Å². The van der Waals surface area contributed by atoms with Gasteiger partial charge in [-0.25, -0.2) is 0 Å². The quantitative estimate of drug-likeness (QED) is 0.702. The van der Waals surface area contributed by atoms with Crippen LogP contribution in [0.2, 0.25) is 0 Å². The average Bonchev–Trinajstić information content (AvgIpc) is 2.32. The van der Waals surface area contributed by atoms with Crippen molar-refractivity contribution in [2.24, 2.45) is 7.05 Å². The predicted molar refractivity (Wildman–Crippen MR) is 65.1 cm³/mol. The van der Waals surface area contributed by atoms with E-state index in [0.717, 1.165) is 6.42 Å². The van der Waals surface area contributed by atoms with E-state index in [-0.39, 0.29) is 11.5 Å². The molecule has 5 nitrogen and oxygen atoms in total. The van der Waals surface area contributed by atoms with Gasteiger partial charge in [-0.2, -0.15) is 0 Å². The van der Waals surface area contributed by atoms with Gasteiger partial charge in [-0.15, -0.1) is 0 Å². The minimum atomic E-state index is -0.179. The predicted octanol–water partition coefficient (Wildman–Crippen LogP) is 0.494. The summed E-state index contributed by atoms with van der Waals surface area (Å²) in [6, 6.07) is 3.01. The van der Waals surface area contributed by atoms with Gasteiger partial charge in [0, 0.05) is 52.2 Å². The molecule has 1 aromatic rings. The van der Waals surface area contributed by atoms with Crippen molar-refractivity contribution in [3.05, 3.63) is 34.2 Å². The highest BCUT2D eigenvalue weighted by molar-refractivity contribution is 5.93. The molecule has 0 N–H and O–H groups in total. The van der Waals surface area contributed by atoms with Crippen molar-refractivity contribution in [2.75, 3.05) is 27.3 Å². The maximum atomic E-state index is 11.9. The van der Waals surface area contributed by atoms with Crippen molar-refractivity contribution in [3.63, 3.8) is 0 Å². The Morgan fingerprint density at radius 3 is 2.82 bits per heavy atom. The Kier molecular flexibility index (Phi) is 4.90. The second-order valence-electron chi connectivity index (χ2n) is 3.94. The van der Waals surface area contributed by atoms with Crippen LogP contribution < -0.4 is 5.56 Å². The van der Waals surface area contributed by atoms with Crippen molar-refractivity contribution in [2.45, 2.75) is 6.42 Å². The number of ether oxygens (including phenoxy) is 1. The Bertz CT molecular complexity index is 440. The van der Waals surface area contributed by atoms with E-state index in [4.69, 9.17) is 4.74 Å². The summed E-state index contributed by atoms with van der Waals surface area (Å²) < 4.78 is 6.35. The number of methoxy groups -OCH3 is 1. The van der Waals surface area contributed by atoms with Gasteiger partial charge in [-0.1, -0.05) is 0 Å². The van der Waals surface area contributed by atoms with Crippen molar-refractivity contribution in [1.29, 1.82) is 0 Å². The summed E-state index contributed by atoms with van der Waals surface area (Å²) in [5.41, 5.74) is 0.245. The van der Waals surface area contributed by atoms with E-state index in [9.17, 15) is 9.59 Å². The van der Waals surface area contributed by atoms with Gasteiger partial charge in [0.05, 0.1) is 0 Å². The molecule has 0 bridgehead atoms. The summed E-state index contributed by atoms with van der Waals surface area (Å²) in [6.45, 7) is 1.23. The van der Waals surface area contributed by atoms with Gasteiger partial charge >= 0.3 is 0 Å². The highest BCUT2D eigenvalue weighted by Crippen LogP contribution is 2.01. The third-order valence-corrected chi connectivity index (χ3v) is 2.54. The Morgan fingerprint density at radius 1 is 1.53 bits per heavy atom. The molecule has 17 heavy (non-hydrogen) atoms. The van der Waals surface area contributed by atoms with Crippen LogP contribution in [0.1, 0.15) is 16.8 Å². The molecule has 1 aromatic heterocycles. The molecule has 1 rings (SSSR count). The lowest BCUT2D eigenvalue weighted by atomic mass is 10.2. The lowest BCUT2D eigenvalue weighted by molar-refractivity contribution is 0.0779. The number of nitrogens with zero attached hydrogens (tertiary/aromatic N) is 2. The van der Waals surface area contributed by atoms with Crippen molar-refractivity contribution >= 4 is 5.91 Å². The molecule has 94 valence electrons. The monoisotopic (exact) mass is 238 g/mol. The summed E-state index contributed by atoms with van der Waals surface area (Å²) >= 11 is 0. The van der Waals surface area contributed by atoms with Crippen LogP contribution in [0.25, 0.3) is 0 Å². The number of hydrogen-bond acceptors (Lipinski definition) is 3. The van der Waals surface area contributed by atoms with Gasteiger partial charge in [0.1, 0.15) is 0 Å². The molecule has 0 radical (unpaired) electrons. The average molecular weight is 238 g/mol. The number of pyridine rings is 1. The lowest BCUT2D eigenvalue weighted by Crippen LogP contribution is -2.30. The molecular formula is C12H18N2O3. The second kappa shape index (κ2) is 6.20. The van der Waals surface area contributed by atoms with Crippen LogP contribution in [0.4, 0.5) is 0 Å². The third kappa shape index (κ3) is 3.71. The fourth-order valence-electron chi connectivity index (χ4n) is 1.45. The van der Waals surface area contributed by atoms with Gasteiger partial charge in [0.2, 0.25) is 0 Å². The molecule has 0 fully saturated rings. The Labute approximate surface area is 101 Å². The largest absolute Gasteiger partial charge is 0.385 e. The molecule has 0 saturated heterocycles. The van der Waals surface area contributed by atoms with E-state index in [1.165, 1.54) is 10.6 Å². The summed E-state index contributed by atoms with van der Waals surface area (Å²) in [4.78, 5) is 24.9. The highest BCUT2D eigenvalue weighted by atomic mass is 16.5. The van der Waals surface area contributed by atoms with E-state index in [1.807, 2.05) is 0 Å². The molecule has 0 atom stereocenters. The molecule has 0 spiro atoms. The van der Waals surface area contributed by atoms with E-state index in [0.29, 0.717) is 18.7 Å². The van der Waals surface area contributed by atoms with Crippen molar-refractivity contribution in [3.8, 4) is 0 Å². The Hall–Kier alpha value is -1.62. The number of hydrogen-bond donors (Lipinski definition) is 0. The van der Waals surface area contributed by atoms with Gasteiger partial charge in [0.15, 0.2) is 0 Å². The zero-order valence-corrected chi connectivity index (χ0v) is 10.5. The Morgan fingerprint density at radius 2 is 2.24 bits per heavy atom. The molecular weight excluding hydrogens is 220 g/mol. The smallest absolute Gasteiger partial charge is 0.253 e. The van der Waals surface area contributed by atoms with Crippen molar-refractivity contribution < 1.29 is 9.53 Å². The highest BCUT2D eigenvalue weighted by Gasteiger charge is 2.11. The molecule has 0 saturated carbocycles. The van der Waals surface area contributed by atoms with Crippen molar-refractivity contribution in [1.82, 2.24) is 9.47 Å². The topological polar surface area (TPSA) is 51.5 Å². The first-order valence-corrected chi connectivity index (χ1v) is 5.47. The molecule has 1 heterocycles. The van der Waals surface area contributed by atoms with Crippen LogP contribution in [-0.2, 0) is 11.8 Å². The van der Waals surface area contributed by atoms with Gasteiger partial charge in [-0.05, 0) is 12.5 Å². The fraction of sp³-hybridized carbons (Fsp3) is 0.500. The minimum absolute atomic E-state index is 0.140. The van der Waals surface area contributed by atoms with Crippen LogP contribution in [0, 0.1) is 0 Å². The fourth-order valence-corrected chi connectivity index (χ4v) is 1.45. The zero-order chi connectivity index (χ0) is 12.8. The molecule has 0 unspecified atom stereocenters. The van der Waals surface area contributed by atoms with Crippen LogP contribution in [0.15, 0.2) is 23.1 Å².